The number of H-pyrrole nitrogens is 1. The molecule has 3 aromatic heterocycles. The first-order valence-corrected chi connectivity index (χ1v) is 10.9. The first-order valence-electron chi connectivity index (χ1n) is 10.9. The first kappa shape index (κ1) is 21.1. The molecular weight excluding hydrogens is 422 g/mol. The van der Waals surface area contributed by atoms with E-state index in [1.54, 1.807) is 24.1 Å². The van der Waals surface area contributed by atoms with E-state index in [0.717, 1.165) is 23.2 Å². The molecule has 0 aliphatic carbocycles. The molecule has 1 aromatic carbocycles. The summed E-state index contributed by atoms with van der Waals surface area (Å²) in [5, 5.41) is 8.05. The van der Waals surface area contributed by atoms with Gasteiger partial charge in [-0.25, -0.2) is 14.6 Å². The zero-order valence-corrected chi connectivity index (χ0v) is 18.8. The van der Waals surface area contributed by atoms with E-state index < -0.39 is 0 Å². The molecule has 1 aliphatic rings. The van der Waals surface area contributed by atoms with Gasteiger partial charge in [0.25, 0.3) is 17.4 Å². The van der Waals surface area contributed by atoms with Crippen LogP contribution in [0, 0.1) is 6.92 Å². The lowest BCUT2D eigenvalue weighted by molar-refractivity contribution is 0.0780. The van der Waals surface area contributed by atoms with E-state index in [0.29, 0.717) is 42.2 Å². The molecule has 33 heavy (non-hydrogen) atoms. The van der Waals surface area contributed by atoms with Gasteiger partial charge in [0.15, 0.2) is 0 Å². The van der Waals surface area contributed by atoms with Crippen molar-refractivity contribution in [2.24, 2.45) is 0 Å². The Morgan fingerprint density at radius 2 is 2.15 bits per heavy atom. The van der Waals surface area contributed by atoms with E-state index in [9.17, 15) is 9.59 Å². The molecule has 0 radical (unpaired) electrons. The molecule has 10 nitrogen and oxygen atoms in total. The minimum absolute atomic E-state index is 0.135. The fourth-order valence-corrected chi connectivity index (χ4v) is 4.09. The van der Waals surface area contributed by atoms with Crippen molar-refractivity contribution in [3.63, 3.8) is 0 Å². The molecule has 0 unspecified atom stereocenters. The Morgan fingerprint density at radius 3 is 2.94 bits per heavy atom. The van der Waals surface area contributed by atoms with Gasteiger partial charge in [-0.1, -0.05) is 11.6 Å². The Labute approximate surface area is 189 Å². The monoisotopic (exact) mass is 447 g/mol. The third-order valence-corrected chi connectivity index (χ3v) is 5.93. The minimum Gasteiger partial charge on any atom is -0.375 e. The summed E-state index contributed by atoms with van der Waals surface area (Å²) in [7, 11) is 1.66. The molecule has 0 atom stereocenters. The Hall–Kier alpha value is -3.79. The van der Waals surface area contributed by atoms with Crippen LogP contribution in [0.1, 0.15) is 39.8 Å². The number of aromatic amines is 1. The van der Waals surface area contributed by atoms with E-state index in [4.69, 9.17) is 4.74 Å². The number of fused-ring (bicyclic) bond motifs is 2. The van der Waals surface area contributed by atoms with Crippen LogP contribution in [0.2, 0.25) is 0 Å². The zero-order chi connectivity index (χ0) is 23.1. The number of benzene rings is 1. The minimum atomic E-state index is -0.296. The number of amides is 1. The number of rotatable bonds is 5. The van der Waals surface area contributed by atoms with E-state index in [1.165, 1.54) is 9.58 Å². The maximum absolute atomic E-state index is 13.5. The van der Waals surface area contributed by atoms with Crippen LogP contribution in [0.4, 0.5) is 0 Å². The number of hydrogen-bond acceptors (Lipinski definition) is 6. The van der Waals surface area contributed by atoms with Crippen molar-refractivity contribution in [3.05, 3.63) is 69.0 Å². The van der Waals surface area contributed by atoms with Crippen LogP contribution in [-0.2, 0) is 30.9 Å². The second-order valence-corrected chi connectivity index (χ2v) is 8.23. The van der Waals surface area contributed by atoms with Gasteiger partial charge in [0.05, 0.1) is 42.7 Å². The molecule has 0 saturated carbocycles. The predicted octanol–water partition coefficient (Wildman–Crippen LogP) is 1.98. The molecule has 0 fully saturated rings. The molecule has 4 heterocycles. The maximum atomic E-state index is 13.5. The van der Waals surface area contributed by atoms with Gasteiger partial charge in [-0.2, -0.15) is 5.10 Å². The number of carbonyl (C=O) groups excluding carboxylic acids is 1. The van der Waals surface area contributed by atoms with Crippen LogP contribution >= 0.6 is 0 Å². The van der Waals surface area contributed by atoms with Gasteiger partial charge in [0.1, 0.15) is 5.69 Å². The van der Waals surface area contributed by atoms with Gasteiger partial charge in [0, 0.05) is 25.2 Å². The second kappa shape index (κ2) is 8.28. The number of nitrogens with zero attached hydrogens (tertiary/aromatic N) is 6. The fraction of sp³-hybridized carbons (Fsp3) is 0.348. The SMILES string of the molecule is CCn1[nH]cc(CN(C)C(=O)c2nc(-n3ncc4c3COCC4)nc3ccc(C)cc23)c1=O. The van der Waals surface area contributed by atoms with Crippen molar-refractivity contribution in [2.45, 2.75) is 40.0 Å². The maximum Gasteiger partial charge on any atom is 0.273 e. The standard InChI is InChI=1S/C23H25N7O3/c1-4-29-21(31)16(11-24-29)12-28(3)22(32)20-17-9-14(2)5-6-18(17)26-23(27-20)30-19-13-33-8-7-15(19)10-25-30/h5-6,9-11,24H,4,7-8,12-13H2,1-3H3. The lowest BCUT2D eigenvalue weighted by Gasteiger charge is -2.18. The molecule has 1 amide bonds. The largest absolute Gasteiger partial charge is 0.375 e. The van der Waals surface area contributed by atoms with E-state index in [2.05, 4.69) is 20.2 Å². The topological polar surface area (TPSA) is 111 Å². The zero-order valence-electron chi connectivity index (χ0n) is 18.8. The molecule has 170 valence electrons. The average Bonchev–Trinajstić information content (AvgIpc) is 3.41. The summed E-state index contributed by atoms with van der Waals surface area (Å²) < 4.78 is 8.75. The smallest absolute Gasteiger partial charge is 0.273 e. The highest BCUT2D eigenvalue weighted by atomic mass is 16.5. The lowest BCUT2D eigenvalue weighted by atomic mass is 10.1. The first-order chi connectivity index (χ1) is 16.0. The van der Waals surface area contributed by atoms with Crippen LogP contribution in [0.3, 0.4) is 0 Å². The Morgan fingerprint density at radius 1 is 1.30 bits per heavy atom. The van der Waals surface area contributed by atoms with E-state index in [1.807, 2.05) is 32.0 Å². The van der Waals surface area contributed by atoms with Gasteiger partial charge in [-0.05, 0) is 38.0 Å². The molecule has 0 bridgehead atoms. The number of hydrogen-bond donors (Lipinski definition) is 1. The summed E-state index contributed by atoms with van der Waals surface area (Å²) in [5.41, 5.74) is 4.29. The number of nitrogens with one attached hydrogen (secondary N) is 1. The Balaban J connectivity index is 1.58. The molecule has 0 saturated heterocycles. The number of aryl methyl sites for hydroxylation is 2. The van der Waals surface area contributed by atoms with Crippen LogP contribution in [-0.4, -0.2) is 54.0 Å². The molecule has 1 N–H and O–H groups in total. The lowest BCUT2D eigenvalue weighted by Crippen LogP contribution is -2.30. The van der Waals surface area contributed by atoms with Gasteiger partial charge in [-0.3, -0.25) is 14.3 Å². The third-order valence-electron chi connectivity index (χ3n) is 5.93. The molecule has 0 spiro atoms. The van der Waals surface area contributed by atoms with Crippen molar-refractivity contribution in [1.82, 2.24) is 34.4 Å². The number of ether oxygens (including phenoxy) is 1. The van der Waals surface area contributed by atoms with Crippen LogP contribution in [0.15, 0.2) is 35.4 Å². The van der Waals surface area contributed by atoms with Crippen LogP contribution in [0.25, 0.3) is 16.9 Å². The quantitative estimate of drug-likeness (QED) is 0.501. The van der Waals surface area contributed by atoms with E-state index in [-0.39, 0.29) is 23.7 Å². The second-order valence-electron chi connectivity index (χ2n) is 8.23. The van der Waals surface area contributed by atoms with Gasteiger partial charge >= 0.3 is 0 Å². The molecule has 5 rings (SSSR count). The van der Waals surface area contributed by atoms with Gasteiger partial charge in [-0.15, -0.1) is 0 Å². The highest BCUT2D eigenvalue weighted by Crippen LogP contribution is 2.23. The summed E-state index contributed by atoms with van der Waals surface area (Å²) in [6, 6.07) is 5.74. The predicted molar refractivity (Wildman–Crippen MR) is 121 cm³/mol. The van der Waals surface area contributed by atoms with Crippen molar-refractivity contribution >= 4 is 16.8 Å². The number of aromatic nitrogens is 6. The summed E-state index contributed by atoms with van der Waals surface area (Å²) in [6.45, 7) is 5.62. The summed E-state index contributed by atoms with van der Waals surface area (Å²) in [5.74, 6) is 0.0278. The van der Waals surface area contributed by atoms with Crippen molar-refractivity contribution < 1.29 is 9.53 Å². The molecule has 1 aliphatic heterocycles. The van der Waals surface area contributed by atoms with Crippen molar-refractivity contribution in [1.29, 1.82) is 0 Å². The fourth-order valence-electron chi connectivity index (χ4n) is 4.09. The molecule has 10 heteroatoms. The highest BCUT2D eigenvalue weighted by molar-refractivity contribution is 6.04. The third kappa shape index (κ3) is 3.72. The molecular formula is C23H25N7O3. The normalized spacial score (nSPS) is 13.3. The van der Waals surface area contributed by atoms with E-state index >= 15 is 0 Å². The summed E-state index contributed by atoms with van der Waals surface area (Å²) in [6.07, 6.45) is 4.22. The van der Waals surface area contributed by atoms with Crippen LogP contribution in [0.5, 0.6) is 0 Å². The van der Waals surface area contributed by atoms with Gasteiger partial charge < -0.3 is 14.7 Å². The summed E-state index contributed by atoms with van der Waals surface area (Å²) >= 11 is 0. The van der Waals surface area contributed by atoms with Crippen molar-refractivity contribution in [3.8, 4) is 5.95 Å². The average molecular weight is 447 g/mol. The van der Waals surface area contributed by atoms with Crippen LogP contribution < -0.4 is 5.56 Å². The summed E-state index contributed by atoms with van der Waals surface area (Å²) in [4.78, 5) is 36.8. The molecule has 4 aromatic rings. The van der Waals surface area contributed by atoms with Gasteiger partial charge in [0.2, 0.25) is 0 Å². The highest BCUT2D eigenvalue weighted by Gasteiger charge is 2.23. The number of carbonyl (C=O) groups is 1. The Kier molecular flexibility index (Phi) is 5.29. The van der Waals surface area contributed by atoms with Crippen molar-refractivity contribution in [2.75, 3.05) is 13.7 Å². The Bertz CT molecular complexity index is 1420.